The van der Waals surface area contributed by atoms with Gasteiger partial charge in [0.15, 0.2) is 0 Å². The maximum Gasteiger partial charge on any atom is 0.142 e. The lowest BCUT2D eigenvalue weighted by Crippen LogP contribution is -2.28. The third-order valence-corrected chi connectivity index (χ3v) is 3.50. The van der Waals surface area contributed by atoms with Gasteiger partial charge in [-0.05, 0) is 32.3 Å². The van der Waals surface area contributed by atoms with Crippen molar-refractivity contribution < 1.29 is 4.74 Å². The predicted molar refractivity (Wildman–Crippen MR) is 82.5 cm³/mol. The molecule has 19 heavy (non-hydrogen) atoms. The van der Waals surface area contributed by atoms with Crippen molar-refractivity contribution in [2.45, 2.75) is 20.4 Å². The van der Waals surface area contributed by atoms with Crippen LogP contribution < -0.4 is 10.1 Å². The van der Waals surface area contributed by atoms with Gasteiger partial charge in [0.25, 0.3) is 0 Å². The highest BCUT2D eigenvalue weighted by molar-refractivity contribution is 6.35. The summed E-state index contributed by atoms with van der Waals surface area (Å²) >= 11 is 12.2. The molecular weight excluding hydrogens is 283 g/mol. The molecule has 0 aliphatic carbocycles. The highest BCUT2D eigenvalue weighted by Crippen LogP contribution is 2.32. The molecule has 0 aromatic heterocycles. The second-order valence-electron chi connectivity index (χ2n) is 4.28. The second kappa shape index (κ2) is 8.64. The molecule has 3 nitrogen and oxygen atoms in total. The fraction of sp³-hybridized carbons (Fsp3) is 0.571. The summed E-state index contributed by atoms with van der Waals surface area (Å²) in [5.41, 5.74) is 0.986. The van der Waals surface area contributed by atoms with Crippen molar-refractivity contribution in [2.24, 2.45) is 0 Å². The van der Waals surface area contributed by atoms with Gasteiger partial charge in [0.2, 0.25) is 0 Å². The van der Waals surface area contributed by atoms with E-state index >= 15 is 0 Å². The van der Waals surface area contributed by atoms with Gasteiger partial charge in [-0.3, -0.25) is 0 Å². The van der Waals surface area contributed by atoms with Crippen molar-refractivity contribution in [2.75, 3.05) is 33.3 Å². The number of rotatable bonds is 8. The van der Waals surface area contributed by atoms with Crippen molar-refractivity contribution in [3.8, 4) is 5.75 Å². The Morgan fingerprint density at radius 3 is 2.47 bits per heavy atom. The van der Waals surface area contributed by atoms with Gasteiger partial charge in [-0.1, -0.05) is 37.0 Å². The number of hydrogen-bond acceptors (Lipinski definition) is 3. The number of ether oxygens (including phenoxy) is 1. The molecule has 0 aliphatic heterocycles. The lowest BCUT2D eigenvalue weighted by atomic mass is 10.2. The normalized spacial score (nSPS) is 11.1. The summed E-state index contributed by atoms with van der Waals surface area (Å²) < 4.78 is 5.84. The van der Waals surface area contributed by atoms with Crippen LogP contribution in [0.25, 0.3) is 0 Å². The second-order valence-corrected chi connectivity index (χ2v) is 5.13. The SMILES string of the molecule is CCN(CC)CCOc1c(Cl)cc(Cl)cc1CNC. The van der Waals surface area contributed by atoms with Gasteiger partial charge in [-0.25, -0.2) is 0 Å². The van der Waals surface area contributed by atoms with Crippen molar-refractivity contribution in [1.29, 1.82) is 0 Å². The van der Waals surface area contributed by atoms with E-state index in [-0.39, 0.29) is 0 Å². The number of hydrogen-bond donors (Lipinski definition) is 1. The monoisotopic (exact) mass is 304 g/mol. The highest BCUT2D eigenvalue weighted by atomic mass is 35.5. The molecule has 0 fully saturated rings. The summed E-state index contributed by atoms with van der Waals surface area (Å²) in [4.78, 5) is 2.31. The van der Waals surface area contributed by atoms with E-state index < -0.39 is 0 Å². The van der Waals surface area contributed by atoms with Gasteiger partial charge in [0, 0.05) is 23.7 Å². The molecule has 1 rings (SSSR count). The van der Waals surface area contributed by atoms with Crippen LogP contribution in [0.3, 0.4) is 0 Å². The number of likely N-dealkylation sites (N-methyl/N-ethyl adjacent to an activating group) is 1. The molecule has 0 spiro atoms. The van der Waals surface area contributed by atoms with Crippen molar-refractivity contribution in [3.63, 3.8) is 0 Å². The van der Waals surface area contributed by atoms with E-state index in [4.69, 9.17) is 27.9 Å². The van der Waals surface area contributed by atoms with Crippen molar-refractivity contribution in [1.82, 2.24) is 10.2 Å². The average molecular weight is 305 g/mol. The fourth-order valence-corrected chi connectivity index (χ4v) is 2.50. The van der Waals surface area contributed by atoms with E-state index in [1.54, 1.807) is 6.07 Å². The van der Waals surface area contributed by atoms with Crippen LogP contribution in [0, 0.1) is 0 Å². The molecule has 0 amide bonds. The van der Waals surface area contributed by atoms with Gasteiger partial charge < -0.3 is 15.0 Å². The molecule has 108 valence electrons. The van der Waals surface area contributed by atoms with Crippen LogP contribution in [0.1, 0.15) is 19.4 Å². The molecule has 0 radical (unpaired) electrons. The summed E-state index contributed by atoms with van der Waals surface area (Å²) in [6.45, 7) is 8.54. The van der Waals surface area contributed by atoms with Gasteiger partial charge in [0.1, 0.15) is 12.4 Å². The Hall–Kier alpha value is -0.480. The zero-order valence-corrected chi connectivity index (χ0v) is 13.3. The maximum absolute atomic E-state index is 6.20. The van der Waals surface area contributed by atoms with E-state index in [1.807, 2.05) is 13.1 Å². The molecule has 0 unspecified atom stereocenters. The molecular formula is C14H22Cl2N2O. The van der Waals surface area contributed by atoms with Gasteiger partial charge in [-0.2, -0.15) is 0 Å². The lowest BCUT2D eigenvalue weighted by molar-refractivity contribution is 0.221. The zero-order chi connectivity index (χ0) is 14.3. The molecule has 1 aromatic rings. The Morgan fingerprint density at radius 1 is 1.21 bits per heavy atom. The highest BCUT2D eigenvalue weighted by Gasteiger charge is 2.10. The minimum atomic E-state index is 0.567. The summed E-state index contributed by atoms with van der Waals surface area (Å²) in [5.74, 6) is 0.729. The Morgan fingerprint density at radius 2 is 1.89 bits per heavy atom. The molecule has 0 heterocycles. The Kier molecular flexibility index (Phi) is 7.54. The minimum absolute atomic E-state index is 0.567. The van der Waals surface area contributed by atoms with Crippen LogP contribution in [-0.2, 0) is 6.54 Å². The summed E-state index contributed by atoms with van der Waals surface area (Å²) in [6.07, 6.45) is 0. The smallest absolute Gasteiger partial charge is 0.142 e. The van der Waals surface area contributed by atoms with Crippen LogP contribution in [0.5, 0.6) is 5.75 Å². The quantitative estimate of drug-likeness (QED) is 0.796. The van der Waals surface area contributed by atoms with Crippen LogP contribution in [0.4, 0.5) is 0 Å². The Labute approximate surface area is 125 Å². The van der Waals surface area contributed by atoms with E-state index in [0.29, 0.717) is 23.2 Å². The predicted octanol–water partition coefficient (Wildman–Crippen LogP) is 3.43. The first-order valence-corrected chi connectivity index (χ1v) is 7.35. The maximum atomic E-state index is 6.20. The van der Waals surface area contributed by atoms with E-state index in [0.717, 1.165) is 30.9 Å². The van der Waals surface area contributed by atoms with Crippen molar-refractivity contribution in [3.05, 3.63) is 27.7 Å². The van der Waals surface area contributed by atoms with E-state index in [2.05, 4.69) is 24.1 Å². The van der Waals surface area contributed by atoms with Crippen molar-refractivity contribution >= 4 is 23.2 Å². The third-order valence-electron chi connectivity index (χ3n) is 3.00. The number of halogens is 2. The number of nitrogens with zero attached hydrogens (tertiary/aromatic N) is 1. The zero-order valence-electron chi connectivity index (χ0n) is 11.8. The average Bonchev–Trinajstić information content (AvgIpc) is 2.37. The molecule has 0 bridgehead atoms. The molecule has 5 heteroatoms. The molecule has 0 aliphatic rings. The largest absolute Gasteiger partial charge is 0.490 e. The lowest BCUT2D eigenvalue weighted by Gasteiger charge is -2.19. The van der Waals surface area contributed by atoms with Gasteiger partial charge in [0.05, 0.1) is 5.02 Å². The Balaban J connectivity index is 2.71. The summed E-state index contributed by atoms with van der Waals surface area (Å²) in [6, 6.07) is 3.60. The van der Waals surface area contributed by atoms with Crippen LogP contribution in [-0.4, -0.2) is 38.2 Å². The van der Waals surface area contributed by atoms with Crippen LogP contribution in [0.15, 0.2) is 12.1 Å². The molecule has 0 saturated carbocycles. The first-order valence-electron chi connectivity index (χ1n) is 6.60. The first-order chi connectivity index (χ1) is 9.12. The number of nitrogens with one attached hydrogen (secondary N) is 1. The fourth-order valence-electron chi connectivity index (χ4n) is 1.91. The number of benzene rings is 1. The molecule has 1 aromatic carbocycles. The molecule has 0 atom stereocenters. The standard InChI is InChI=1S/C14H22Cl2N2O/c1-4-18(5-2)6-7-19-14-11(10-17-3)8-12(15)9-13(14)16/h8-9,17H,4-7,10H2,1-3H3. The summed E-state index contributed by atoms with van der Waals surface area (Å²) in [7, 11) is 1.88. The third kappa shape index (κ3) is 5.19. The topological polar surface area (TPSA) is 24.5 Å². The van der Waals surface area contributed by atoms with E-state index in [1.165, 1.54) is 0 Å². The molecule has 0 saturated heterocycles. The van der Waals surface area contributed by atoms with Crippen LogP contribution >= 0.6 is 23.2 Å². The molecule has 1 N–H and O–H groups in total. The van der Waals surface area contributed by atoms with Gasteiger partial charge in [-0.15, -0.1) is 0 Å². The first kappa shape index (κ1) is 16.6. The minimum Gasteiger partial charge on any atom is -0.490 e. The Bertz CT molecular complexity index is 395. The van der Waals surface area contributed by atoms with Gasteiger partial charge >= 0.3 is 0 Å². The van der Waals surface area contributed by atoms with E-state index in [9.17, 15) is 0 Å². The van der Waals surface area contributed by atoms with Crippen LogP contribution in [0.2, 0.25) is 10.0 Å². The summed E-state index contributed by atoms with van der Waals surface area (Å²) in [5, 5.41) is 4.29.